The maximum Gasteiger partial charge on any atom is 0.291 e. The molecule has 1 aliphatic heterocycles. The Morgan fingerprint density at radius 1 is 1.26 bits per heavy atom. The molecule has 1 amide bonds. The molecule has 2 aromatic heterocycles. The first-order chi connectivity index (χ1) is 13.0. The van der Waals surface area contributed by atoms with Crippen molar-refractivity contribution in [2.24, 2.45) is 0 Å². The van der Waals surface area contributed by atoms with E-state index in [0.29, 0.717) is 24.7 Å². The molecule has 4 rings (SSSR count). The van der Waals surface area contributed by atoms with Crippen molar-refractivity contribution in [1.82, 2.24) is 19.5 Å². The molecular weight excluding hydrogens is 346 g/mol. The van der Waals surface area contributed by atoms with Crippen LogP contribution in [0.3, 0.4) is 0 Å². The Balaban J connectivity index is 1.72. The van der Waals surface area contributed by atoms with Crippen LogP contribution in [0, 0.1) is 0 Å². The number of anilines is 1. The van der Waals surface area contributed by atoms with Gasteiger partial charge >= 0.3 is 0 Å². The summed E-state index contributed by atoms with van der Waals surface area (Å²) in [5.41, 5.74) is 1.15. The first-order valence-corrected chi connectivity index (χ1v) is 9.10. The van der Waals surface area contributed by atoms with Crippen molar-refractivity contribution in [3.8, 4) is 0 Å². The topological polar surface area (TPSA) is 80.9 Å². The van der Waals surface area contributed by atoms with Crippen LogP contribution in [-0.2, 0) is 16.1 Å². The molecular formula is C19H23N5O3. The SMILES string of the molecule is CN(C)c1nn(CC(=O)NC2CCOCC2)c(=O)c2cc3ccccc3n12. The molecule has 1 aromatic carbocycles. The Labute approximate surface area is 156 Å². The summed E-state index contributed by atoms with van der Waals surface area (Å²) in [6, 6.07) is 9.72. The van der Waals surface area contributed by atoms with Crippen LogP contribution in [0.4, 0.5) is 5.95 Å². The van der Waals surface area contributed by atoms with Crippen LogP contribution in [0.2, 0.25) is 0 Å². The van der Waals surface area contributed by atoms with Crippen molar-refractivity contribution in [3.05, 3.63) is 40.7 Å². The van der Waals surface area contributed by atoms with Gasteiger partial charge in [-0.2, -0.15) is 0 Å². The number of amides is 1. The molecule has 0 radical (unpaired) electrons. The van der Waals surface area contributed by atoms with Crippen LogP contribution in [0.5, 0.6) is 0 Å². The second-order valence-electron chi connectivity index (χ2n) is 7.04. The quantitative estimate of drug-likeness (QED) is 0.742. The number of hydrogen-bond donors (Lipinski definition) is 1. The number of fused-ring (bicyclic) bond motifs is 3. The van der Waals surface area contributed by atoms with Crippen LogP contribution in [0.1, 0.15) is 12.8 Å². The summed E-state index contributed by atoms with van der Waals surface area (Å²) in [5, 5.41) is 8.40. The number of carbonyl (C=O) groups is 1. The van der Waals surface area contributed by atoms with Crippen molar-refractivity contribution in [2.75, 3.05) is 32.2 Å². The average molecular weight is 369 g/mol. The number of nitrogens with zero attached hydrogens (tertiary/aromatic N) is 4. The van der Waals surface area contributed by atoms with Crippen molar-refractivity contribution < 1.29 is 9.53 Å². The highest BCUT2D eigenvalue weighted by Gasteiger charge is 2.19. The minimum absolute atomic E-state index is 0.0925. The molecule has 1 N–H and O–H groups in total. The smallest absolute Gasteiger partial charge is 0.291 e. The highest BCUT2D eigenvalue weighted by atomic mass is 16.5. The summed E-state index contributed by atoms with van der Waals surface area (Å²) in [6.45, 7) is 1.20. The molecule has 0 spiro atoms. The molecule has 8 nitrogen and oxygen atoms in total. The number of para-hydroxylation sites is 1. The van der Waals surface area contributed by atoms with E-state index in [4.69, 9.17) is 4.74 Å². The Bertz CT molecular complexity index is 1050. The monoisotopic (exact) mass is 369 g/mol. The molecule has 0 bridgehead atoms. The Morgan fingerprint density at radius 3 is 2.74 bits per heavy atom. The largest absolute Gasteiger partial charge is 0.381 e. The van der Waals surface area contributed by atoms with Gasteiger partial charge in [0.1, 0.15) is 12.1 Å². The second-order valence-corrected chi connectivity index (χ2v) is 7.04. The van der Waals surface area contributed by atoms with Crippen molar-refractivity contribution in [1.29, 1.82) is 0 Å². The summed E-state index contributed by atoms with van der Waals surface area (Å²) < 4.78 is 8.40. The summed E-state index contributed by atoms with van der Waals surface area (Å²) in [7, 11) is 3.74. The van der Waals surface area contributed by atoms with Gasteiger partial charge in [0, 0.05) is 38.7 Å². The normalized spacial score (nSPS) is 15.3. The van der Waals surface area contributed by atoms with Gasteiger partial charge in [-0.25, -0.2) is 4.68 Å². The number of nitrogens with one attached hydrogen (secondary N) is 1. The number of benzene rings is 1. The lowest BCUT2D eigenvalue weighted by molar-refractivity contribution is -0.123. The summed E-state index contributed by atoms with van der Waals surface area (Å²) >= 11 is 0. The van der Waals surface area contributed by atoms with Crippen LogP contribution in [-0.4, -0.2) is 53.4 Å². The highest BCUT2D eigenvalue weighted by molar-refractivity contribution is 5.88. The zero-order valence-corrected chi connectivity index (χ0v) is 15.5. The summed E-state index contributed by atoms with van der Waals surface area (Å²) in [4.78, 5) is 27.3. The lowest BCUT2D eigenvalue weighted by Crippen LogP contribution is -2.42. The van der Waals surface area contributed by atoms with E-state index in [0.717, 1.165) is 23.7 Å². The van der Waals surface area contributed by atoms with E-state index >= 15 is 0 Å². The van der Waals surface area contributed by atoms with Crippen molar-refractivity contribution in [2.45, 2.75) is 25.4 Å². The van der Waals surface area contributed by atoms with Gasteiger partial charge in [-0.05, 0) is 25.0 Å². The molecule has 1 saturated heterocycles. The van der Waals surface area contributed by atoms with Gasteiger partial charge in [0.2, 0.25) is 11.9 Å². The lowest BCUT2D eigenvalue weighted by atomic mass is 10.1. The molecule has 1 aliphatic rings. The molecule has 1 fully saturated rings. The van der Waals surface area contributed by atoms with E-state index in [1.54, 1.807) is 0 Å². The van der Waals surface area contributed by atoms with Gasteiger partial charge in [-0.1, -0.05) is 18.2 Å². The molecule has 0 atom stereocenters. The van der Waals surface area contributed by atoms with E-state index in [-0.39, 0.29) is 24.1 Å². The molecule has 0 aliphatic carbocycles. The minimum Gasteiger partial charge on any atom is -0.381 e. The average Bonchev–Trinajstić information content (AvgIpc) is 3.04. The van der Waals surface area contributed by atoms with Crippen LogP contribution >= 0.6 is 0 Å². The fourth-order valence-corrected chi connectivity index (χ4v) is 3.51. The minimum atomic E-state index is -0.279. The third-order valence-electron chi connectivity index (χ3n) is 4.85. The van der Waals surface area contributed by atoms with Gasteiger partial charge in [-0.3, -0.25) is 14.0 Å². The maximum atomic E-state index is 13.0. The highest BCUT2D eigenvalue weighted by Crippen LogP contribution is 2.22. The van der Waals surface area contributed by atoms with Gasteiger partial charge in [0.25, 0.3) is 5.56 Å². The van der Waals surface area contributed by atoms with E-state index in [1.807, 2.05) is 53.7 Å². The number of hydrogen-bond acceptors (Lipinski definition) is 5. The van der Waals surface area contributed by atoms with Crippen LogP contribution in [0.15, 0.2) is 35.1 Å². The third kappa shape index (κ3) is 3.28. The number of ether oxygens (including phenoxy) is 1. The third-order valence-corrected chi connectivity index (χ3v) is 4.85. The maximum absolute atomic E-state index is 13.0. The number of aromatic nitrogens is 3. The molecule has 27 heavy (non-hydrogen) atoms. The van der Waals surface area contributed by atoms with E-state index in [2.05, 4.69) is 10.4 Å². The summed E-state index contributed by atoms with van der Waals surface area (Å²) in [5.74, 6) is 0.395. The Hall–Kier alpha value is -2.87. The second kappa shape index (κ2) is 7.03. The zero-order valence-electron chi connectivity index (χ0n) is 15.5. The van der Waals surface area contributed by atoms with Gasteiger partial charge < -0.3 is 15.0 Å². The van der Waals surface area contributed by atoms with Gasteiger partial charge in [0.15, 0.2) is 0 Å². The lowest BCUT2D eigenvalue weighted by Gasteiger charge is -2.23. The first kappa shape index (κ1) is 17.5. The fraction of sp³-hybridized carbons (Fsp3) is 0.421. The van der Waals surface area contributed by atoms with E-state index in [9.17, 15) is 9.59 Å². The predicted molar refractivity (Wildman–Crippen MR) is 103 cm³/mol. The Kier molecular flexibility index (Phi) is 4.57. The van der Waals surface area contributed by atoms with E-state index < -0.39 is 0 Å². The van der Waals surface area contributed by atoms with E-state index in [1.165, 1.54) is 4.68 Å². The standard InChI is InChI=1S/C19H23N5O3/c1-22(2)19-21-23(12-17(25)20-14-7-9-27-10-8-14)18(26)16-11-13-5-3-4-6-15(13)24(16)19/h3-6,11,14H,7-10,12H2,1-2H3,(H,20,25). The molecule has 0 unspecified atom stereocenters. The Morgan fingerprint density at radius 2 is 2.00 bits per heavy atom. The molecule has 0 saturated carbocycles. The van der Waals surface area contributed by atoms with Crippen molar-refractivity contribution in [3.63, 3.8) is 0 Å². The van der Waals surface area contributed by atoms with Crippen LogP contribution < -0.4 is 15.8 Å². The van der Waals surface area contributed by atoms with Crippen molar-refractivity contribution >= 4 is 28.3 Å². The van der Waals surface area contributed by atoms with Crippen LogP contribution in [0.25, 0.3) is 16.4 Å². The fourth-order valence-electron chi connectivity index (χ4n) is 3.51. The predicted octanol–water partition coefficient (Wildman–Crippen LogP) is 1.01. The molecule has 8 heteroatoms. The first-order valence-electron chi connectivity index (χ1n) is 9.10. The number of carbonyl (C=O) groups excluding carboxylic acids is 1. The summed E-state index contributed by atoms with van der Waals surface area (Å²) in [6.07, 6.45) is 1.58. The van der Waals surface area contributed by atoms with Gasteiger partial charge in [0.05, 0.1) is 5.52 Å². The van der Waals surface area contributed by atoms with Gasteiger partial charge in [-0.15, -0.1) is 5.10 Å². The number of rotatable bonds is 4. The molecule has 142 valence electrons. The molecule has 3 aromatic rings. The molecule has 3 heterocycles. The zero-order chi connectivity index (χ0) is 19.0.